The Hall–Kier alpha value is -1.95. The number of rotatable bonds is 4. The minimum absolute atomic E-state index is 0.0216. The molecular formula is C16H22N4O2. The molecule has 0 aliphatic carbocycles. The van der Waals surface area contributed by atoms with Crippen LogP contribution in [0.25, 0.3) is 11.0 Å². The van der Waals surface area contributed by atoms with Crippen LogP contribution in [0.4, 0.5) is 0 Å². The lowest BCUT2D eigenvalue weighted by Gasteiger charge is -2.22. The van der Waals surface area contributed by atoms with E-state index in [1.807, 2.05) is 10.7 Å². The van der Waals surface area contributed by atoms with Gasteiger partial charge in [-0.2, -0.15) is 5.10 Å². The molecule has 118 valence electrons. The maximum atomic E-state index is 12.6. The third-order valence-electron chi connectivity index (χ3n) is 4.11. The van der Waals surface area contributed by atoms with E-state index in [9.17, 15) is 9.90 Å². The summed E-state index contributed by atoms with van der Waals surface area (Å²) in [5.74, 6) is 0.434. The third kappa shape index (κ3) is 2.70. The largest absolute Gasteiger partial charge is 0.394 e. The minimum atomic E-state index is -0.0631. The first kappa shape index (κ1) is 15.0. The second-order valence-electron chi connectivity index (χ2n) is 6.33. The standard InChI is InChI=1S/C16H22N4O2/c1-11(2)9-20-15-12(8-18-20)6-13(7-17-15)16(22)19-5-3-4-14(19)10-21/h6-8,11,14,21H,3-5,9-10H2,1-2H3/t14-/m1/s1. The zero-order valence-corrected chi connectivity index (χ0v) is 13.1. The highest BCUT2D eigenvalue weighted by molar-refractivity contribution is 5.97. The molecule has 6 nitrogen and oxygen atoms in total. The summed E-state index contributed by atoms with van der Waals surface area (Å²) >= 11 is 0. The highest BCUT2D eigenvalue weighted by Gasteiger charge is 2.29. The molecule has 0 radical (unpaired) electrons. The Balaban J connectivity index is 1.87. The van der Waals surface area contributed by atoms with E-state index in [4.69, 9.17) is 0 Å². The summed E-state index contributed by atoms with van der Waals surface area (Å²) in [4.78, 5) is 18.8. The van der Waals surface area contributed by atoms with Gasteiger partial charge < -0.3 is 10.0 Å². The van der Waals surface area contributed by atoms with Crippen molar-refractivity contribution in [1.82, 2.24) is 19.7 Å². The molecule has 22 heavy (non-hydrogen) atoms. The monoisotopic (exact) mass is 302 g/mol. The zero-order chi connectivity index (χ0) is 15.7. The van der Waals surface area contributed by atoms with Gasteiger partial charge in [-0.3, -0.25) is 4.79 Å². The molecule has 1 fully saturated rings. The smallest absolute Gasteiger partial charge is 0.255 e. The Labute approximate surface area is 129 Å². The number of fused-ring (bicyclic) bond motifs is 1. The quantitative estimate of drug-likeness (QED) is 0.933. The van der Waals surface area contributed by atoms with Gasteiger partial charge in [-0.1, -0.05) is 13.8 Å². The number of pyridine rings is 1. The van der Waals surface area contributed by atoms with Crippen molar-refractivity contribution in [2.45, 2.75) is 39.3 Å². The van der Waals surface area contributed by atoms with E-state index in [0.29, 0.717) is 18.0 Å². The zero-order valence-electron chi connectivity index (χ0n) is 13.1. The molecule has 6 heteroatoms. The topological polar surface area (TPSA) is 71.2 Å². The van der Waals surface area contributed by atoms with Crippen LogP contribution in [0.1, 0.15) is 37.0 Å². The molecule has 1 N–H and O–H groups in total. The maximum Gasteiger partial charge on any atom is 0.255 e. The van der Waals surface area contributed by atoms with Crippen LogP contribution in [0.15, 0.2) is 18.5 Å². The lowest BCUT2D eigenvalue weighted by molar-refractivity contribution is 0.0677. The number of amides is 1. The Morgan fingerprint density at radius 1 is 1.45 bits per heavy atom. The summed E-state index contributed by atoms with van der Waals surface area (Å²) in [5, 5.41) is 14.6. The number of carbonyl (C=O) groups excluding carboxylic acids is 1. The average molecular weight is 302 g/mol. The Kier molecular flexibility index (Phi) is 4.11. The summed E-state index contributed by atoms with van der Waals surface area (Å²) in [6.07, 6.45) is 5.19. The summed E-state index contributed by atoms with van der Waals surface area (Å²) in [6.45, 7) is 5.80. The Bertz CT molecular complexity index is 680. The van der Waals surface area contributed by atoms with Gasteiger partial charge in [0.05, 0.1) is 24.4 Å². The van der Waals surface area contributed by atoms with Crippen LogP contribution in [0.5, 0.6) is 0 Å². The van der Waals surface area contributed by atoms with Crippen LogP contribution in [0, 0.1) is 5.92 Å². The molecule has 2 aromatic heterocycles. The molecular weight excluding hydrogens is 280 g/mol. The number of aliphatic hydroxyl groups is 1. The fourth-order valence-electron chi connectivity index (χ4n) is 3.03. The molecule has 1 amide bonds. The minimum Gasteiger partial charge on any atom is -0.394 e. The van der Waals surface area contributed by atoms with Crippen molar-refractivity contribution in [3.63, 3.8) is 0 Å². The number of hydrogen-bond donors (Lipinski definition) is 1. The Morgan fingerprint density at radius 2 is 2.27 bits per heavy atom. The van der Waals surface area contributed by atoms with Crippen LogP contribution in [0.2, 0.25) is 0 Å². The predicted octanol–water partition coefficient (Wildman–Crippen LogP) is 1.68. The van der Waals surface area contributed by atoms with E-state index in [-0.39, 0.29) is 18.6 Å². The van der Waals surface area contributed by atoms with Crippen LogP contribution < -0.4 is 0 Å². The molecule has 0 spiro atoms. The van der Waals surface area contributed by atoms with E-state index in [1.54, 1.807) is 17.3 Å². The molecule has 0 aromatic carbocycles. The molecule has 3 rings (SSSR count). The maximum absolute atomic E-state index is 12.6. The van der Waals surface area contributed by atoms with E-state index in [1.165, 1.54) is 0 Å². The first-order valence-electron chi connectivity index (χ1n) is 7.83. The number of aromatic nitrogens is 3. The van der Waals surface area contributed by atoms with Crippen molar-refractivity contribution < 1.29 is 9.90 Å². The summed E-state index contributed by atoms with van der Waals surface area (Å²) in [7, 11) is 0. The van der Waals surface area contributed by atoms with Gasteiger partial charge in [0.2, 0.25) is 0 Å². The highest BCUT2D eigenvalue weighted by atomic mass is 16.3. The van der Waals surface area contributed by atoms with Crippen molar-refractivity contribution in [2.24, 2.45) is 5.92 Å². The van der Waals surface area contributed by atoms with Crippen LogP contribution in [0.3, 0.4) is 0 Å². The van der Waals surface area contributed by atoms with Gasteiger partial charge in [0.15, 0.2) is 5.65 Å². The van der Waals surface area contributed by atoms with Gasteiger partial charge in [-0.25, -0.2) is 9.67 Å². The number of likely N-dealkylation sites (tertiary alicyclic amines) is 1. The molecule has 1 atom stereocenters. The van der Waals surface area contributed by atoms with Crippen molar-refractivity contribution >= 4 is 16.9 Å². The lowest BCUT2D eigenvalue weighted by Crippen LogP contribution is -2.37. The fraction of sp³-hybridized carbons (Fsp3) is 0.562. The summed E-state index contributed by atoms with van der Waals surface area (Å²) in [5.41, 5.74) is 1.38. The normalized spacial score (nSPS) is 18.5. The van der Waals surface area contributed by atoms with Gasteiger partial charge in [0.25, 0.3) is 5.91 Å². The molecule has 1 saturated heterocycles. The van der Waals surface area contributed by atoms with Crippen LogP contribution in [-0.2, 0) is 6.54 Å². The van der Waals surface area contributed by atoms with Crippen molar-refractivity contribution in [3.8, 4) is 0 Å². The Morgan fingerprint density at radius 3 is 3.00 bits per heavy atom. The van der Waals surface area contributed by atoms with Crippen LogP contribution >= 0.6 is 0 Å². The second kappa shape index (κ2) is 6.04. The van der Waals surface area contributed by atoms with Crippen molar-refractivity contribution in [2.75, 3.05) is 13.2 Å². The fourth-order valence-corrected chi connectivity index (χ4v) is 3.03. The molecule has 0 bridgehead atoms. The van der Waals surface area contributed by atoms with Gasteiger partial charge in [0, 0.05) is 24.7 Å². The van der Waals surface area contributed by atoms with Crippen molar-refractivity contribution in [1.29, 1.82) is 0 Å². The number of nitrogens with zero attached hydrogens (tertiary/aromatic N) is 4. The highest BCUT2D eigenvalue weighted by Crippen LogP contribution is 2.21. The van der Waals surface area contributed by atoms with Crippen molar-refractivity contribution in [3.05, 3.63) is 24.0 Å². The van der Waals surface area contributed by atoms with E-state index in [0.717, 1.165) is 30.4 Å². The van der Waals surface area contributed by atoms with E-state index in [2.05, 4.69) is 23.9 Å². The summed E-state index contributed by atoms with van der Waals surface area (Å²) < 4.78 is 1.88. The molecule has 0 unspecified atom stereocenters. The van der Waals surface area contributed by atoms with Gasteiger partial charge in [-0.05, 0) is 24.8 Å². The third-order valence-corrected chi connectivity index (χ3v) is 4.11. The summed E-state index contributed by atoms with van der Waals surface area (Å²) in [6, 6.07) is 1.79. The SMILES string of the molecule is CC(C)Cn1ncc2cc(C(=O)N3CCC[C@@H]3CO)cnc21. The average Bonchev–Trinajstić information content (AvgIpc) is 3.12. The number of aliphatic hydroxyl groups excluding tert-OH is 1. The molecule has 2 aromatic rings. The molecule has 0 saturated carbocycles. The van der Waals surface area contributed by atoms with Gasteiger partial charge in [0.1, 0.15) is 0 Å². The van der Waals surface area contributed by atoms with Gasteiger partial charge >= 0.3 is 0 Å². The molecule has 1 aliphatic heterocycles. The first-order valence-corrected chi connectivity index (χ1v) is 7.83. The first-order chi connectivity index (χ1) is 10.6. The number of carbonyl (C=O) groups is 1. The van der Waals surface area contributed by atoms with Gasteiger partial charge in [-0.15, -0.1) is 0 Å². The van der Waals surface area contributed by atoms with E-state index >= 15 is 0 Å². The molecule has 1 aliphatic rings. The van der Waals surface area contributed by atoms with Crippen LogP contribution in [-0.4, -0.2) is 49.9 Å². The number of hydrogen-bond acceptors (Lipinski definition) is 4. The lowest BCUT2D eigenvalue weighted by atomic mass is 10.2. The molecule has 3 heterocycles. The van der Waals surface area contributed by atoms with E-state index < -0.39 is 0 Å². The second-order valence-corrected chi connectivity index (χ2v) is 6.33. The predicted molar refractivity (Wildman–Crippen MR) is 83.5 cm³/mol.